The Morgan fingerprint density at radius 2 is 1.06 bits per heavy atom. The molecule has 2 fully saturated rings. The van der Waals surface area contributed by atoms with Crippen LogP contribution in [0.4, 0.5) is 0 Å². The van der Waals surface area contributed by atoms with Gasteiger partial charge in [-0.1, -0.05) is 38.5 Å². The Balaban J connectivity index is 0.00000144. The van der Waals surface area contributed by atoms with E-state index in [-0.39, 0.29) is 36.1 Å². The molecule has 2 saturated carbocycles. The Kier molecular flexibility index (Phi) is 8.16. The zero-order chi connectivity index (χ0) is 11.2. The Labute approximate surface area is 122 Å². The number of hydrogen-bond donors (Lipinski definition) is 1. The Morgan fingerprint density at radius 3 is 1.41 bits per heavy atom. The summed E-state index contributed by atoms with van der Waals surface area (Å²) in [6.07, 6.45) is 12.2. The molecule has 0 amide bonds. The van der Waals surface area contributed by atoms with E-state index in [9.17, 15) is 5.02 Å². The average molecular weight is 345 g/mol. The molecule has 0 aromatic heterocycles. The maximum Gasteiger partial charge on any atom is 0.637 e. The third kappa shape index (κ3) is 5.94. The van der Waals surface area contributed by atoms with Crippen molar-refractivity contribution in [1.82, 2.24) is 0 Å². The van der Waals surface area contributed by atoms with Crippen LogP contribution in [0.1, 0.15) is 64.2 Å². The second-order valence-corrected chi connectivity index (χ2v) is 5.10. The molecule has 4 radical (unpaired) electrons. The summed E-state index contributed by atoms with van der Waals surface area (Å²) < 4.78 is 11.1. The number of rotatable bonds is 4. The second kappa shape index (κ2) is 8.78. The summed E-state index contributed by atoms with van der Waals surface area (Å²) in [6, 6.07) is 0. The molecule has 3 nitrogen and oxygen atoms in total. The molecule has 1 N–H and O–H groups in total. The molecule has 0 heterocycles. The topological polar surface area (TPSA) is 38.7 Å². The Hall–Kier alpha value is 0.744. The summed E-state index contributed by atoms with van der Waals surface area (Å²) in [5.41, 5.74) is 0. The van der Waals surface area contributed by atoms with Crippen molar-refractivity contribution in [2.45, 2.75) is 76.4 Å². The molecule has 2 rings (SSSR count). The van der Waals surface area contributed by atoms with Gasteiger partial charge in [-0.3, -0.25) is 0 Å². The molecule has 0 saturated heterocycles. The second-order valence-electron chi connectivity index (χ2n) is 5.10. The van der Waals surface area contributed by atoms with Crippen LogP contribution >= 0.6 is 0 Å². The first kappa shape index (κ1) is 15.8. The van der Waals surface area contributed by atoms with Crippen molar-refractivity contribution < 1.29 is 14.3 Å². The van der Waals surface area contributed by atoms with Crippen molar-refractivity contribution in [3.8, 4) is 0 Å². The van der Waals surface area contributed by atoms with Gasteiger partial charge in [-0.25, -0.2) is 0 Å². The zero-order valence-electron chi connectivity index (χ0n) is 10.6. The van der Waals surface area contributed by atoms with Crippen molar-refractivity contribution in [2.24, 2.45) is 0 Å². The SMILES string of the molecule is OB(OC1CCCCC1)OC1CCCCC1.[Sn]. The van der Waals surface area contributed by atoms with E-state index in [1.54, 1.807) is 0 Å². The van der Waals surface area contributed by atoms with Gasteiger partial charge >= 0.3 is 7.32 Å². The molecule has 17 heavy (non-hydrogen) atoms. The molecule has 96 valence electrons. The van der Waals surface area contributed by atoms with Crippen LogP contribution in [0.2, 0.25) is 0 Å². The Bertz CT molecular complexity index is 174. The van der Waals surface area contributed by atoms with Crippen LogP contribution in [0.5, 0.6) is 0 Å². The first-order chi connectivity index (χ1) is 7.84. The van der Waals surface area contributed by atoms with E-state index < -0.39 is 7.32 Å². The zero-order valence-corrected chi connectivity index (χ0v) is 13.4. The molecule has 0 atom stereocenters. The summed E-state index contributed by atoms with van der Waals surface area (Å²) >= 11 is 0. The predicted octanol–water partition coefficient (Wildman–Crippen LogP) is 2.28. The van der Waals surface area contributed by atoms with E-state index in [0.717, 1.165) is 25.7 Å². The first-order valence-corrected chi connectivity index (χ1v) is 6.83. The quantitative estimate of drug-likeness (QED) is 0.795. The van der Waals surface area contributed by atoms with Crippen LogP contribution < -0.4 is 0 Å². The van der Waals surface area contributed by atoms with Crippen molar-refractivity contribution in [3.05, 3.63) is 0 Å². The fraction of sp³-hybridized carbons (Fsp3) is 1.00. The van der Waals surface area contributed by atoms with Gasteiger partial charge in [0.25, 0.3) is 0 Å². The minimum Gasteiger partial charge on any atom is -0.402 e. The molecule has 0 aromatic carbocycles. The third-order valence-corrected chi connectivity index (χ3v) is 3.72. The smallest absolute Gasteiger partial charge is 0.402 e. The maximum absolute atomic E-state index is 9.71. The van der Waals surface area contributed by atoms with Crippen LogP contribution in [0.25, 0.3) is 0 Å². The van der Waals surface area contributed by atoms with Gasteiger partial charge in [0.1, 0.15) is 0 Å². The van der Waals surface area contributed by atoms with Crippen LogP contribution in [0.3, 0.4) is 0 Å². The summed E-state index contributed by atoms with van der Waals surface area (Å²) in [7, 11) is -0.994. The first-order valence-electron chi connectivity index (χ1n) is 6.83. The minimum atomic E-state index is -0.994. The van der Waals surface area contributed by atoms with E-state index >= 15 is 0 Å². The van der Waals surface area contributed by atoms with Crippen LogP contribution in [0, 0.1) is 0 Å². The van der Waals surface area contributed by atoms with Crippen molar-refractivity contribution in [1.29, 1.82) is 0 Å². The minimum absolute atomic E-state index is 0. The van der Waals surface area contributed by atoms with Gasteiger partial charge in [0, 0.05) is 36.1 Å². The maximum atomic E-state index is 9.71. The summed E-state index contributed by atoms with van der Waals surface area (Å²) in [5.74, 6) is 0. The average Bonchev–Trinajstić information content (AvgIpc) is 2.31. The fourth-order valence-electron chi connectivity index (χ4n) is 2.76. The molecule has 0 aliphatic heterocycles. The van der Waals surface area contributed by atoms with E-state index in [2.05, 4.69) is 0 Å². The van der Waals surface area contributed by atoms with Gasteiger partial charge in [-0.05, 0) is 25.7 Å². The molecule has 0 unspecified atom stereocenters. The predicted molar refractivity (Wildman–Crippen MR) is 69.6 cm³/mol. The van der Waals surface area contributed by atoms with E-state index in [4.69, 9.17) is 9.31 Å². The molecule has 2 aliphatic rings. The molecular weight excluding hydrogens is 322 g/mol. The summed E-state index contributed by atoms with van der Waals surface area (Å²) in [4.78, 5) is 0. The van der Waals surface area contributed by atoms with Gasteiger partial charge in [-0.2, -0.15) is 0 Å². The van der Waals surface area contributed by atoms with Crippen LogP contribution in [0.15, 0.2) is 0 Å². The van der Waals surface area contributed by atoms with Crippen LogP contribution in [-0.2, 0) is 9.31 Å². The summed E-state index contributed by atoms with van der Waals surface area (Å²) in [5, 5.41) is 9.71. The molecular formula is C12H23BO3Sn. The Morgan fingerprint density at radius 1 is 0.706 bits per heavy atom. The van der Waals surface area contributed by atoms with Crippen molar-refractivity contribution in [2.75, 3.05) is 0 Å². The van der Waals surface area contributed by atoms with Gasteiger partial charge in [-0.15, -0.1) is 0 Å². The standard InChI is InChI=1S/C12H23BO3.Sn/c14-13(15-11-7-3-1-4-8-11)16-12-9-5-2-6-10-12;/h11-12,14H,1-10H2;. The van der Waals surface area contributed by atoms with E-state index in [1.165, 1.54) is 38.5 Å². The van der Waals surface area contributed by atoms with Crippen molar-refractivity contribution in [3.63, 3.8) is 0 Å². The van der Waals surface area contributed by atoms with E-state index in [0.29, 0.717) is 0 Å². The van der Waals surface area contributed by atoms with E-state index in [1.807, 2.05) is 0 Å². The third-order valence-electron chi connectivity index (χ3n) is 3.72. The normalized spacial score (nSPS) is 23.1. The molecule has 5 heteroatoms. The molecule has 2 aliphatic carbocycles. The monoisotopic (exact) mass is 346 g/mol. The summed E-state index contributed by atoms with van der Waals surface area (Å²) in [6.45, 7) is 0. The van der Waals surface area contributed by atoms with Crippen molar-refractivity contribution >= 4 is 31.2 Å². The molecule has 0 aromatic rings. The molecule has 0 bridgehead atoms. The fourth-order valence-corrected chi connectivity index (χ4v) is 2.76. The van der Waals surface area contributed by atoms with Crippen LogP contribution in [-0.4, -0.2) is 48.5 Å². The van der Waals surface area contributed by atoms with Gasteiger partial charge < -0.3 is 14.3 Å². The number of hydrogen-bond acceptors (Lipinski definition) is 3. The van der Waals surface area contributed by atoms with Gasteiger partial charge in [0.05, 0.1) is 0 Å². The van der Waals surface area contributed by atoms with Gasteiger partial charge in [0.2, 0.25) is 0 Å². The molecule has 0 spiro atoms. The largest absolute Gasteiger partial charge is 0.637 e. The van der Waals surface area contributed by atoms with Gasteiger partial charge in [0.15, 0.2) is 0 Å².